The number of rotatable bonds is 6. The summed E-state index contributed by atoms with van der Waals surface area (Å²) in [5.41, 5.74) is 3.53. The van der Waals surface area contributed by atoms with Gasteiger partial charge in [-0.2, -0.15) is 0 Å². The van der Waals surface area contributed by atoms with E-state index >= 15 is 0 Å². The lowest BCUT2D eigenvalue weighted by Crippen LogP contribution is -2.24. The van der Waals surface area contributed by atoms with Gasteiger partial charge in [-0.1, -0.05) is 71.0 Å². The maximum absolute atomic E-state index is 13.7. The van der Waals surface area contributed by atoms with E-state index in [1.165, 1.54) is 22.2 Å². The average molecular weight is 496 g/mol. The third-order valence-corrected chi connectivity index (χ3v) is 8.28. The van der Waals surface area contributed by atoms with Gasteiger partial charge in [0.05, 0.1) is 17.6 Å². The van der Waals surface area contributed by atoms with Crippen LogP contribution in [0.25, 0.3) is 10.2 Å². The fraction of sp³-hybridized carbons (Fsp3) is 0.240. The number of oxime groups is 1. The van der Waals surface area contributed by atoms with E-state index < -0.39 is 0 Å². The molecule has 0 aliphatic heterocycles. The predicted octanol–water partition coefficient (Wildman–Crippen LogP) is 6.01. The molecule has 0 radical (unpaired) electrons. The van der Waals surface area contributed by atoms with Crippen molar-refractivity contribution < 1.29 is 5.21 Å². The molecule has 8 heteroatoms. The highest BCUT2D eigenvalue weighted by atomic mass is 35.5. The summed E-state index contributed by atoms with van der Waals surface area (Å²) in [6, 6.07) is 17.1. The second-order valence-corrected chi connectivity index (χ2v) is 10.5. The lowest BCUT2D eigenvalue weighted by Gasteiger charge is -2.14. The molecule has 1 N–H and O–H groups in total. The Hall–Kier alpha value is -2.61. The average Bonchev–Trinajstić information content (AvgIpc) is 3.22. The molecule has 0 saturated carbocycles. The van der Waals surface area contributed by atoms with E-state index in [2.05, 4.69) is 5.16 Å². The zero-order valence-electron chi connectivity index (χ0n) is 17.8. The largest absolute Gasteiger partial charge is 0.411 e. The SMILES string of the molecule is O=c1c2c3c(sc2nc(SC/C(=N\O)c2ccc(Cl)cc2)n1Cc1ccccc1)CCCC3. The van der Waals surface area contributed by atoms with Crippen molar-refractivity contribution in [2.75, 3.05) is 5.75 Å². The number of thioether (sulfide) groups is 1. The van der Waals surface area contributed by atoms with Crippen molar-refractivity contribution in [3.05, 3.63) is 91.5 Å². The molecular weight excluding hydrogens is 474 g/mol. The van der Waals surface area contributed by atoms with E-state index in [4.69, 9.17) is 16.6 Å². The maximum Gasteiger partial charge on any atom is 0.263 e. The van der Waals surface area contributed by atoms with Crippen LogP contribution < -0.4 is 5.56 Å². The van der Waals surface area contributed by atoms with Gasteiger partial charge in [0.1, 0.15) is 4.83 Å². The van der Waals surface area contributed by atoms with Crippen molar-refractivity contribution in [1.29, 1.82) is 0 Å². The second-order valence-electron chi connectivity index (χ2n) is 8.00. The van der Waals surface area contributed by atoms with E-state index in [9.17, 15) is 10.0 Å². The van der Waals surface area contributed by atoms with Crippen LogP contribution >= 0.6 is 34.7 Å². The zero-order valence-corrected chi connectivity index (χ0v) is 20.2. The summed E-state index contributed by atoms with van der Waals surface area (Å²) in [5, 5.41) is 15.1. The quantitative estimate of drug-likeness (QED) is 0.117. The van der Waals surface area contributed by atoms with Crippen LogP contribution in [0.1, 0.15) is 34.4 Å². The van der Waals surface area contributed by atoms with Gasteiger partial charge in [-0.05, 0) is 48.9 Å². The van der Waals surface area contributed by atoms with Crippen LogP contribution in [-0.2, 0) is 19.4 Å². The molecule has 2 aromatic carbocycles. The highest BCUT2D eigenvalue weighted by molar-refractivity contribution is 7.99. The summed E-state index contributed by atoms with van der Waals surface area (Å²) >= 11 is 9.05. The Morgan fingerprint density at radius 2 is 1.88 bits per heavy atom. The first-order chi connectivity index (χ1) is 16.1. The van der Waals surface area contributed by atoms with Crippen LogP contribution in [0, 0.1) is 0 Å². The third kappa shape index (κ3) is 4.58. The monoisotopic (exact) mass is 495 g/mol. The predicted molar refractivity (Wildman–Crippen MR) is 137 cm³/mol. The van der Waals surface area contributed by atoms with Crippen molar-refractivity contribution in [3.63, 3.8) is 0 Å². The normalized spacial score (nSPS) is 13.9. The van der Waals surface area contributed by atoms with Crippen molar-refractivity contribution in [3.8, 4) is 0 Å². The molecule has 0 fully saturated rings. The minimum atomic E-state index is 0.0136. The number of fused-ring (bicyclic) bond motifs is 3. The van der Waals surface area contributed by atoms with Gasteiger partial charge in [0.25, 0.3) is 5.56 Å². The van der Waals surface area contributed by atoms with Crippen molar-refractivity contribution in [1.82, 2.24) is 9.55 Å². The highest BCUT2D eigenvalue weighted by Gasteiger charge is 2.22. The van der Waals surface area contributed by atoms with Gasteiger partial charge in [0, 0.05) is 21.2 Å². The van der Waals surface area contributed by atoms with Crippen LogP contribution in [0.15, 0.2) is 69.7 Å². The van der Waals surface area contributed by atoms with Crippen molar-refractivity contribution in [2.45, 2.75) is 37.4 Å². The van der Waals surface area contributed by atoms with Gasteiger partial charge < -0.3 is 5.21 Å². The fourth-order valence-electron chi connectivity index (χ4n) is 4.18. The number of thiophene rings is 1. The minimum absolute atomic E-state index is 0.0136. The zero-order chi connectivity index (χ0) is 22.8. The topological polar surface area (TPSA) is 67.5 Å². The van der Waals surface area contributed by atoms with Crippen LogP contribution in [0.2, 0.25) is 5.02 Å². The number of halogens is 1. The highest BCUT2D eigenvalue weighted by Crippen LogP contribution is 2.35. The number of hydrogen-bond acceptors (Lipinski definition) is 6. The summed E-state index contributed by atoms with van der Waals surface area (Å²) in [6.45, 7) is 0.447. The first-order valence-corrected chi connectivity index (χ1v) is 13.0. The van der Waals surface area contributed by atoms with Crippen LogP contribution in [0.4, 0.5) is 0 Å². The summed E-state index contributed by atoms with van der Waals surface area (Å²) in [6.07, 6.45) is 4.25. The van der Waals surface area contributed by atoms with E-state index in [-0.39, 0.29) is 5.56 Å². The molecule has 2 heterocycles. The van der Waals surface area contributed by atoms with E-state index in [0.717, 1.165) is 47.0 Å². The molecule has 1 aliphatic rings. The molecule has 0 spiro atoms. The number of aryl methyl sites for hydroxylation is 2. The maximum atomic E-state index is 13.7. The van der Waals surface area contributed by atoms with Gasteiger partial charge in [-0.15, -0.1) is 11.3 Å². The number of hydrogen-bond donors (Lipinski definition) is 1. The molecule has 0 atom stereocenters. The van der Waals surface area contributed by atoms with Gasteiger partial charge in [-0.3, -0.25) is 9.36 Å². The van der Waals surface area contributed by atoms with Gasteiger partial charge >= 0.3 is 0 Å². The van der Waals surface area contributed by atoms with Crippen LogP contribution in [0.3, 0.4) is 0 Å². The fourth-order valence-corrected chi connectivity index (χ4v) is 6.57. The lowest BCUT2D eigenvalue weighted by atomic mass is 9.97. The van der Waals surface area contributed by atoms with Gasteiger partial charge in [0.15, 0.2) is 5.16 Å². The summed E-state index contributed by atoms with van der Waals surface area (Å²) in [7, 11) is 0. The molecule has 1 aliphatic carbocycles. The second kappa shape index (κ2) is 9.71. The van der Waals surface area contributed by atoms with Crippen molar-refractivity contribution >= 4 is 50.6 Å². The molecule has 33 heavy (non-hydrogen) atoms. The molecule has 5 nitrogen and oxygen atoms in total. The molecule has 168 valence electrons. The van der Waals surface area contributed by atoms with E-state index in [0.29, 0.717) is 28.2 Å². The Bertz CT molecular complexity index is 1380. The molecule has 5 rings (SSSR count). The van der Waals surface area contributed by atoms with Crippen LogP contribution in [-0.4, -0.2) is 26.2 Å². The molecular formula is C25H22ClN3O2S2. The first kappa shape index (κ1) is 22.2. The minimum Gasteiger partial charge on any atom is -0.411 e. The Labute approximate surface area is 204 Å². The van der Waals surface area contributed by atoms with Gasteiger partial charge in [-0.25, -0.2) is 4.98 Å². The summed E-state index contributed by atoms with van der Waals surface area (Å²) < 4.78 is 1.76. The Balaban J connectivity index is 1.55. The summed E-state index contributed by atoms with van der Waals surface area (Å²) in [4.78, 5) is 20.8. The lowest BCUT2D eigenvalue weighted by molar-refractivity contribution is 0.319. The molecule has 0 unspecified atom stereocenters. The van der Waals surface area contributed by atoms with Crippen LogP contribution in [0.5, 0.6) is 0 Å². The molecule has 0 amide bonds. The molecule has 0 bridgehead atoms. The Morgan fingerprint density at radius 3 is 2.64 bits per heavy atom. The Kier molecular flexibility index (Phi) is 6.53. The Morgan fingerprint density at radius 1 is 1.12 bits per heavy atom. The molecule has 0 saturated heterocycles. The third-order valence-electron chi connectivity index (χ3n) is 5.86. The molecule has 2 aromatic heterocycles. The number of aromatic nitrogens is 2. The smallest absolute Gasteiger partial charge is 0.263 e. The number of benzene rings is 2. The van der Waals surface area contributed by atoms with E-state index in [1.807, 2.05) is 42.5 Å². The summed E-state index contributed by atoms with van der Waals surface area (Å²) in [5.74, 6) is 0.371. The van der Waals surface area contributed by atoms with Crippen molar-refractivity contribution in [2.24, 2.45) is 5.16 Å². The van der Waals surface area contributed by atoms with E-state index in [1.54, 1.807) is 28.0 Å². The standard InChI is InChI=1S/C25H22ClN3O2S2/c26-18-12-10-17(11-13-18)20(28-31)15-32-25-27-23-22(19-8-4-5-9-21(19)33-23)24(30)29(25)14-16-6-2-1-3-7-16/h1-3,6-7,10-13,31H,4-5,8-9,14-15H2/b28-20+. The first-order valence-electron chi connectivity index (χ1n) is 10.8. The molecule has 4 aromatic rings. The van der Waals surface area contributed by atoms with Gasteiger partial charge in [0.2, 0.25) is 0 Å². The number of nitrogens with zero attached hydrogens (tertiary/aromatic N) is 3.